The van der Waals surface area contributed by atoms with E-state index in [-0.39, 0.29) is 11.9 Å². The van der Waals surface area contributed by atoms with Gasteiger partial charge in [0.2, 0.25) is 0 Å². The summed E-state index contributed by atoms with van der Waals surface area (Å²) < 4.78 is 0. The molecule has 1 amide bonds. The quantitative estimate of drug-likeness (QED) is 0.859. The molecule has 2 saturated heterocycles. The highest BCUT2D eigenvalue weighted by Gasteiger charge is 2.44. The third kappa shape index (κ3) is 3.98. The van der Waals surface area contributed by atoms with E-state index < -0.39 is 0 Å². The third-order valence-corrected chi connectivity index (χ3v) is 6.32. The van der Waals surface area contributed by atoms with Gasteiger partial charge in [0.25, 0.3) is 5.91 Å². The van der Waals surface area contributed by atoms with Gasteiger partial charge in [0.05, 0.1) is 0 Å². The molecule has 0 aromatic heterocycles. The molecule has 0 spiro atoms. The van der Waals surface area contributed by atoms with Crippen molar-refractivity contribution in [3.8, 4) is 0 Å². The summed E-state index contributed by atoms with van der Waals surface area (Å²) in [5.41, 5.74) is 8.96. The molecule has 2 heterocycles. The molecule has 3 atom stereocenters. The van der Waals surface area contributed by atoms with Crippen LogP contribution in [0, 0.1) is 0 Å². The van der Waals surface area contributed by atoms with Crippen molar-refractivity contribution >= 4 is 5.91 Å². The number of fused-ring (bicyclic) bond motifs is 1. The number of hydrogen-bond donors (Lipinski definition) is 2. The Morgan fingerprint density at radius 1 is 1.04 bits per heavy atom. The standard InChI is InChI=1S/C24H31N3O/c25-15-14-18-10-12-20(13-11-18)24(28)27-17-21(19-7-3-1-4-8-19)23-22(27)9-5-2-6-16-26-23/h1,3-4,7-8,10-13,21-23,26H,2,5-6,9,14-17,25H2/t21-,22-,23-/m0/s1. The highest BCUT2D eigenvalue weighted by Crippen LogP contribution is 2.36. The summed E-state index contributed by atoms with van der Waals surface area (Å²) in [5, 5.41) is 3.79. The Labute approximate surface area is 168 Å². The summed E-state index contributed by atoms with van der Waals surface area (Å²) >= 11 is 0. The maximum absolute atomic E-state index is 13.4. The zero-order chi connectivity index (χ0) is 19.3. The number of nitrogens with one attached hydrogen (secondary N) is 1. The number of hydrogen-bond acceptors (Lipinski definition) is 3. The second-order valence-corrected chi connectivity index (χ2v) is 8.11. The van der Waals surface area contributed by atoms with Crippen LogP contribution in [0.15, 0.2) is 54.6 Å². The van der Waals surface area contributed by atoms with Gasteiger partial charge in [-0.25, -0.2) is 0 Å². The Balaban J connectivity index is 1.60. The van der Waals surface area contributed by atoms with Crippen LogP contribution in [0.1, 0.15) is 53.1 Å². The SMILES string of the molecule is NCCc1ccc(C(=O)N2C[C@@H](c3ccccc3)[C@@H]3NCCCCC[C@@H]32)cc1. The topological polar surface area (TPSA) is 58.4 Å². The molecule has 2 aromatic carbocycles. The molecule has 0 unspecified atom stereocenters. The molecule has 2 aromatic rings. The fourth-order valence-corrected chi connectivity index (χ4v) is 4.85. The second kappa shape index (κ2) is 8.89. The van der Waals surface area contributed by atoms with E-state index in [1.807, 2.05) is 24.3 Å². The van der Waals surface area contributed by atoms with Crippen LogP contribution >= 0.6 is 0 Å². The fraction of sp³-hybridized carbons (Fsp3) is 0.458. The predicted octanol–water partition coefficient (Wildman–Crippen LogP) is 3.33. The lowest BCUT2D eigenvalue weighted by molar-refractivity contribution is 0.0713. The summed E-state index contributed by atoms with van der Waals surface area (Å²) in [6, 6.07) is 19.3. The maximum Gasteiger partial charge on any atom is 0.254 e. The zero-order valence-electron chi connectivity index (χ0n) is 16.5. The van der Waals surface area contributed by atoms with Crippen molar-refractivity contribution in [2.75, 3.05) is 19.6 Å². The van der Waals surface area contributed by atoms with E-state index in [0.29, 0.717) is 18.5 Å². The van der Waals surface area contributed by atoms with Gasteiger partial charge in [-0.15, -0.1) is 0 Å². The van der Waals surface area contributed by atoms with Crippen LogP contribution in [0.3, 0.4) is 0 Å². The monoisotopic (exact) mass is 377 g/mol. The Morgan fingerprint density at radius 3 is 2.57 bits per heavy atom. The number of nitrogens with two attached hydrogens (primary N) is 1. The minimum Gasteiger partial charge on any atom is -0.333 e. The normalized spacial score (nSPS) is 25.0. The average Bonchev–Trinajstić information content (AvgIpc) is 3.06. The van der Waals surface area contributed by atoms with Crippen molar-refractivity contribution in [2.24, 2.45) is 5.73 Å². The maximum atomic E-state index is 13.4. The summed E-state index contributed by atoms with van der Waals surface area (Å²) in [4.78, 5) is 15.6. The van der Waals surface area contributed by atoms with Crippen LogP contribution in [0.25, 0.3) is 0 Å². The fourth-order valence-electron chi connectivity index (χ4n) is 4.85. The summed E-state index contributed by atoms with van der Waals surface area (Å²) in [6.07, 6.45) is 5.59. The molecular formula is C24H31N3O. The molecule has 0 aliphatic carbocycles. The van der Waals surface area contributed by atoms with Gasteiger partial charge in [0.1, 0.15) is 0 Å². The molecule has 3 N–H and O–H groups in total. The molecule has 2 aliphatic rings. The van der Waals surface area contributed by atoms with E-state index >= 15 is 0 Å². The van der Waals surface area contributed by atoms with Crippen LogP contribution in [0.4, 0.5) is 0 Å². The van der Waals surface area contributed by atoms with E-state index in [0.717, 1.165) is 31.5 Å². The van der Waals surface area contributed by atoms with Crippen molar-refractivity contribution in [2.45, 2.75) is 50.1 Å². The average molecular weight is 378 g/mol. The van der Waals surface area contributed by atoms with Crippen LogP contribution in [0.2, 0.25) is 0 Å². The van der Waals surface area contributed by atoms with Crippen LogP contribution in [-0.4, -0.2) is 42.5 Å². The number of amides is 1. The van der Waals surface area contributed by atoms with Crippen molar-refractivity contribution in [3.63, 3.8) is 0 Å². The molecule has 4 nitrogen and oxygen atoms in total. The van der Waals surface area contributed by atoms with Crippen molar-refractivity contribution < 1.29 is 4.79 Å². The van der Waals surface area contributed by atoms with Crippen LogP contribution in [0.5, 0.6) is 0 Å². The third-order valence-electron chi connectivity index (χ3n) is 6.32. The Kier molecular flexibility index (Phi) is 6.08. The Hall–Kier alpha value is -2.17. The van der Waals surface area contributed by atoms with Gasteiger partial charge < -0.3 is 16.0 Å². The lowest BCUT2D eigenvalue weighted by atomic mass is 9.88. The lowest BCUT2D eigenvalue weighted by Crippen LogP contribution is -2.47. The number of rotatable bonds is 4. The van der Waals surface area contributed by atoms with Crippen LogP contribution in [-0.2, 0) is 6.42 Å². The largest absolute Gasteiger partial charge is 0.333 e. The number of carbonyl (C=O) groups excluding carboxylic acids is 1. The zero-order valence-corrected chi connectivity index (χ0v) is 16.5. The van der Waals surface area contributed by atoms with Crippen molar-refractivity contribution in [3.05, 3.63) is 71.3 Å². The minimum atomic E-state index is 0.162. The molecule has 0 bridgehead atoms. The molecule has 4 heteroatoms. The molecule has 2 aliphatic heterocycles. The van der Waals surface area contributed by atoms with Crippen molar-refractivity contribution in [1.29, 1.82) is 0 Å². The van der Waals surface area contributed by atoms with E-state index in [1.165, 1.54) is 30.4 Å². The van der Waals surface area contributed by atoms with Gasteiger partial charge in [0.15, 0.2) is 0 Å². The van der Waals surface area contributed by atoms with E-state index in [4.69, 9.17) is 5.73 Å². The van der Waals surface area contributed by atoms with Gasteiger partial charge in [0, 0.05) is 30.1 Å². The number of benzene rings is 2. The second-order valence-electron chi connectivity index (χ2n) is 8.11. The highest BCUT2D eigenvalue weighted by molar-refractivity contribution is 5.94. The molecule has 0 radical (unpaired) electrons. The Morgan fingerprint density at radius 2 is 1.82 bits per heavy atom. The first kappa shape index (κ1) is 19.2. The first-order valence-electron chi connectivity index (χ1n) is 10.7. The molecule has 148 valence electrons. The molecule has 4 rings (SSSR count). The first-order chi connectivity index (χ1) is 13.8. The molecule has 28 heavy (non-hydrogen) atoms. The van der Waals surface area contributed by atoms with E-state index in [9.17, 15) is 4.79 Å². The summed E-state index contributed by atoms with van der Waals surface area (Å²) in [7, 11) is 0. The van der Waals surface area contributed by atoms with Gasteiger partial charge in [-0.1, -0.05) is 55.3 Å². The van der Waals surface area contributed by atoms with Gasteiger partial charge in [-0.2, -0.15) is 0 Å². The predicted molar refractivity (Wildman–Crippen MR) is 113 cm³/mol. The molecule has 0 saturated carbocycles. The van der Waals surface area contributed by atoms with Gasteiger partial charge >= 0.3 is 0 Å². The summed E-state index contributed by atoms with van der Waals surface area (Å²) in [5.74, 6) is 0.514. The first-order valence-corrected chi connectivity index (χ1v) is 10.7. The van der Waals surface area contributed by atoms with E-state index in [1.54, 1.807) is 0 Å². The summed E-state index contributed by atoms with van der Waals surface area (Å²) in [6.45, 7) is 2.46. The van der Waals surface area contributed by atoms with Gasteiger partial charge in [-0.05, 0) is 55.6 Å². The number of carbonyl (C=O) groups is 1. The number of nitrogens with zero attached hydrogens (tertiary/aromatic N) is 1. The molecule has 2 fully saturated rings. The van der Waals surface area contributed by atoms with Crippen LogP contribution < -0.4 is 11.1 Å². The van der Waals surface area contributed by atoms with E-state index in [2.05, 4.69) is 40.5 Å². The molecular weight excluding hydrogens is 346 g/mol. The Bertz CT molecular complexity index is 774. The lowest BCUT2D eigenvalue weighted by Gasteiger charge is -2.31. The smallest absolute Gasteiger partial charge is 0.254 e. The van der Waals surface area contributed by atoms with Crippen molar-refractivity contribution in [1.82, 2.24) is 10.2 Å². The van der Waals surface area contributed by atoms with Gasteiger partial charge in [-0.3, -0.25) is 4.79 Å². The minimum absolute atomic E-state index is 0.162. The highest BCUT2D eigenvalue weighted by atomic mass is 16.2. The number of likely N-dealkylation sites (tertiary alicyclic amines) is 1.